The number of nitrogen functional groups attached to an aromatic ring is 5. The first kappa shape index (κ1) is 86.6. The zero-order chi connectivity index (χ0) is 87.5. The predicted molar refractivity (Wildman–Crippen MR) is 472 cm³/mol. The summed E-state index contributed by atoms with van der Waals surface area (Å²) >= 11 is 0. The van der Waals surface area contributed by atoms with Crippen molar-refractivity contribution in [1.82, 2.24) is 72.7 Å². The normalized spacial score (nSPS) is 15.2. The van der Waals surface area contributed by atoms with Crippen molar-refractivity contribution in [2.75, 3.05) is 88.1 Å². The van der Waals surface area contributed by atoms with Gasteiger partial charge in [0.25, 0.3) is 0 Å². The number of fused-ring (bicyclic) bond motifs is 15. The Hall–Kier alpha value is -15.4. The highest BCUT2D eigenvalue weighted by molar-refractivity contribution is 5.89. The number of imidazole rings is 5. The molecule has 5 aliphatic heterocycles. The van der Waals surface area contributed by atoms with Gasteiger partial charge in [-0.3, -0.25) is 22.8 Å². The van der Waals surface area contributed by atoms with Gasteiger partial charge in [0.15, 0.2) is 29.1 Å². The van der Waals surface area contributed by atoms with Crippen LogP contribution in [-0.4, -0.2) is 132 Å². The molecule has 0 amide bonds. The molecular weight excluding hydrogens is 1670 g/mol. The summed E-state index contributed by atoms with van der Waals surface area (Å²) in [5.74, 6) is 2.81. The third-order valence-electron chi connectivity index (χ3n) is 20.6. The van der Waals surface area contributed by atoms with Crippen molar-refractivity contribution >= 4 is 96.7 Å². The molecule has 127 heavy (non-hydrogen) atoms. The molecule has 658 valence electrons. The zero-order valence-corrected chi connectivity index (χ0v) is 69.0. The van der Waals surface area contributed by atoms with E-state index < -0.39 is 23.3 Å². The number of aryl methyl sites for hydroxylation is 1. The van der Waals surface area contributed by atoms with E-state index in [4.69, 9.17) is 71.3 Å². The smallest absolute Gasteiger partial charge is 0.326 e. The van der Waals surface area contributed by atoms with E-state index in [1.165, 1.54) is 72.4 Å². The summed E-state index contributed by atoms with van der Waals surface area (Å²) in [4.78, 5) is 96.2. The first-order chi connectivity index (χ1) is 61.1. The summed E-state index contributed by atoms with van der Waals surface area (Å²) in [5.41, 5.74) is 38.1. The van der Waals surface area contributed by atoms with Crippen molar-refractivity contribution in [3.8, 4) is 52.4 Å². The predicted octanol–water partition coefficient (Wildman–Crippen LogP) is 11.2. The number of anilines is 5. The third kappa shape index (κ3) is 20.9. The summed E-state index contributed by atoms with van der Waals surface area (Å²) in [6.45, 7) is 4.65. The van der Waals surface area contributed by atoms with Gasteiger partial charge in [-0.1, -0.05) is 36.4 Å². The standard InChI is InChI=1S/C19H20N4O2.C18H19FN4O3.C17H17FN4O3.2C17H15FN4O3.ClH/c20-18-17-15-11-16(21-18)25-9-4-2-1-3-6-13-7-5-8-14(10-13)12-23(15)19(24)22-17;19-12-6-11-7-13(8-12)25-4-2-1-3-5-26-15-9-14-16(17(20)21-15)22-18(24)23(14)10-11;3*18-11-5-10-6-12(7-11)24-3-1-2-4-25-14-8-13-15(16(19)20-14)21-17(23)22(13)9-10;/h1-2,5,7-8,10-11H,3-4,6,9,12H2,(H2,20,21)(H,22,24);6-9H,1-5,10H2,(H2,20,21)(H,22,24);5-8H,1-4,9H2,(H2,19,20)(H,21,23);2*1-2,5-8H,3-4,9H2,(H2,19,20)(H,21,23);1H/b2-1-;;;2*2-1+;. The summed E-state index contributed by atoms with van der Waals surface area (Å²) < 4.78 is 114. The van der Waals surface area contributed by atoms with Gasteiger partial charge in [0.05, 0.1) is 93.3 Å². The van der Waals surface area contributed by atoms with Crippen molar-refractivity contribution < 1.29 is 60.2 Å². The SMILES string of the molecule is Cl.Nc1nc2cc3c1[nH]c(=O)n3Cc1cc(F)cc(c1)OC/C=C/CO2.Nc1nc2cc3c1[nH]c(=O)n3Cc1cc(F)cc(c1)OC/C=C/CO2.Nc1nc2cc3c1[nH]c(=O)n3Cc1cc(F)cc(c1)OCCCCCO2.Nc1nc2cc3c1[nH]c(=O)n3Cc1cc(F)cc(c1)OCCCCO2.Nc1nc2cc3c1[nH]c(=O)n3Cc1cccc(c1)CC/C=C\CCO2. The lowest BCUT2D eigenvalue weighted by Crippen LogP contribution is -2.17. The monoisotopic (exact) mass is 1760 g/mol. The fourth-order valence-corrected chi connectivity index (χ4v) is 14.8. The van der Waals surface area contributed by atoms with Crippen LogP contribution < -0.4 is 99.7 Å². The number of ether oxygens (including phenoxy) is 9. The van der Waals surface area contributed by atoms with Gasteiger partial charge in [-0.2, -0.15) is 24.9 Å². The maximum atomic E-state index is 14.0. The maximum Gasteiger partial charge on any atom is 0.326 e. The third-order valence-corrected chi connectivity index (χ3v) is 20.6. The van der Waals surface area contributed by atoms with Gasteiger partial charge in [0.2, 0.25) is 29.4 Å². The first-order valence-electron chi connectivity index (χ1n) is 40.4. The number of hydrogen-bond donors (Lipinski definition) is 10. The molecule has 0 radical (unpaired) electrons. The van der Waals surface area contributed by atoms with Gasteiger partial charge in [0.1, 0.15) is 100 Å². The van der Waals surface area contributed by atoms with Crippen LogP contribution in [0.4, 0.5) is 46.7 Å². The minimum absolute atomic E-state index is 0. The number of nitrogens with two attached hydrogens (primary N) is 5. The number of hydrogen-bond acceptors (Lipinski definition) is 24. The van der Waals surface area contributed by atoms with E-state index in [2.05, 4.69) is 74.1 Å². The van der Waals surface area contributed by atoms with Gasteiger partial charge < -0.3 is 96.2 Å². The van der Waals surface area contributed by atoms with E-state index in [-0.39, 0.29) is 123 Å². The van der Waals surface area contributed by atoms with Crippen molar-refractivity contribution in [2.45, 2.75) is 84.1 Å². The fourth-order valence-electron chi connectivity index (χ4n) is 14.8. The van der Waals surface area contributed by atoms with Gasteiger partial charge in [-0.05, 0) is 158 Å². The molecule has 39 heteroatoms. The lowest BCUT2D eigenvalue weighted by Gasteiger charge is -2.12. The number of nitrogens with one attached hydrogen (secondary N) is 5. The molecule has 5 aliphatic rings. The number of benzene rings is 5. The molecule has 5 aromatic carbocycles. The van der Waals surface area contributed by atoms with E-state index in [1.807, 2.05) is 12.1 Å². The van der Waals surface area contributed by atoms with Gasteiger partial charge >= 0.3 is 28.4 Å². The number of rotatable bonds is 0. The van der Waals surface area contributed by atoms with Gasteiger partial charge in [0, 0.05) is 54.6 Å². The Morgan fingerprint density at radius 3 is 0.906 bits per heavy atom. The number of allylic oxidation sites excluding steroid dienone is 1. The summed E-state index contributed by atoms with van der Waals surface area (Å²) in [7, 11) is 0. The Morgan fingerprint density at radius 2 is 0.559 bits per heavy atom. The Labute approximate surface area is 723 Å². The second-order valence-electron chi connectivity index (χ2n) is 29.8. The lowest BCUT2D eigenvalue weighted by atomic mass is 10.1. The van der Waals surface area contributed by atoms with Crippen molar-refractivity contribution in [1.29, 1.82) is 0 Å². The van der Waals surface area contributed by atoms with Crippen LogP contribution >= 0.6 is 12.4 Å². The summed E-state index contributed by atoms with van der Waals surface area (Å²) in [6, 6.07) is 34.4. The van der Waals surface area contributed by atoms with Crippen LogP contribution in [0.1, 0.15) is 78.3 Å². The van der Waals surface area contributed by atoms with Crippen molar-refractivity contribution in [2.24, 2.45) is 0 Å². The molecule has 0 unspecified atom stereocenters. The van der Waals surface area contributed by atoms with Gasteiger partial charge in [-0.25, -0.2) is 41.5 Å². The van der Waals surface area contributed by atoms with Crippen LogP contribution in [0.25, 0.3) is 55.2 Å². The average molecular weight is 1760 g/mol. The number of pyridine rings is 5. The quantitative estimate of drug-likeness (QED) is 0.0498. The number of aromatic amines is 5. The van der Waals surface area contributed by atoms with Crippen LogP contribution in [0.2, 0.25) is 0 Å². The highest BCUT2D eigenvalue weighted by Crippen LogP contribution is 2.32. The molecule has 20 rings (SSSR count). The molecule has 0 saturated carbocycles. The number of nitrogens with zero attached hydrogens (tertiary/aromatic N) is 10. The van der Waals surface area contributed by atoms with Crippen LogP contribution in [0.5, 0.6) is 52.4 Å². The summed E-state index contributed by atoms with van der Waals surface area (Å²) in [5, 5.41) is 0. The number of halogens is 5. The van der Waals surface area contributed by atoms with E-state index in [9.17, 15) is 41.5 Å². The lowest BCUT2D eigenvalue weighted by molar-refractivity contribution is 0.261. The Balaban J connectivity index is 0.000000122. The van der Waals surface area contributed by atoms with Crippen LogP contribution in [0, 0.1) is 23.3 Å². The molecule has 34 nitrogen and oxygen atoms in total. The molecular formula is C88H87ClF4N20O14. The van der Waals surface area contributed by atoms with Crippen LogP contribution in [0.3, 0.4) is 0 Å². The molecule has 15 heterocycles. The highest BCUT2D eigenvalue weighted by Gasteiger charge is 2.22. The molecule has 10 aromatic heterocycles. The Kier molecular flexibility index (Phi) is 26.6. The topological polar surface area (TPSA) is 467 Å². The number of H-pyrrole nitrogens is 5. The van der Waals surface area contributed by atoms with E-state index >= 15 is 0 Å². The molecule has 20 bridgehead atoms. The molecule has 15 aromatic rings. The van der Waals surface area contributed by atoms with E-state index in [1.54, 1.807) is 83.5 Å². The Morgan fingerprint density at radius 1 is 0.283 bits per heavy atom. The van der Waals surface area contributed by atoms with E-state index in [0.29, 0.717) is 169 Å². The maximum absolute atomic E-state index is 14.0. The molecule has 0 aliphatic carbocycles. The second kappa shape index (κ2) is 39.0. The Bertz CT molecular complexity index is 6840. The molecule has 0 fully saturated rings. The first-order valence-corrected chi connectivity index (χ1v) is 40.4. The minimum atomic E-state index is -0.429. The number of aromatic nitrogens is 15. The summed E-state index contributed by atoms with van der Waals surface area (Å²) in [6.07, 6.45) is 18.2. The van der Waals surface area contributed by atoms with Gasteiger partial charge in [-0.15, -0.1) is 12.4 Å². The highest BCUT2D eigenvalue weighted by atomic mass is 35.5. The largest absolute Gasteiger partial charge is 0.493 e. The second-order valence-corrected chi connectivity index (χ2v) is 29.8. The molecule has 0 saturated heterocycles. The fraction of sp³-hybridized carbons (Fsp3) is 0.250. The average Bonchev–Trinajstić information content (AvgIpc) is 1.66. The minimum Gasteiger partial charge on any atom is -0.493 e. The van der Waals surface area contributed by atoms with Crippen LogP contribution in [-0.2, 0) is 39.1 Å². The zero-order valence-electron chi connectivity index (χ0n) is 68.1. The van der Waals surface area contributed by atoms with Crippen LogP contribution in [0.15, 0.2) is 188 Å². The van der Waals surface area contributed by atoms with Crippen molar-refractivity contribution in [3.05, 3.63) is 273 Å². The molecule has 0 spiro atoms. The molecule has 0 atom stereocenters. The van der Waals surface area contributed by atoms with Crippen molar-refractivity contribution in [3.63, 3.8) is 0 Å². The van der Waals surface area contributed by atoms with E-state index in [0.717, 1.165) is 56.9 Å². The molecule has 15 N–H and O–H groups in total.